The molecule has 2 aromatic rings. The monoisotopic (exact) mass is 308 g/mol. The number of alkyl halides is 1. The first kappa shape index (κ1) is 13.1. The first-order chi connectivity index (χ1) is 8.61. The van der Waals surface area contributed by atoms with Gasteiger partial charge in [0.05, 0.1) is 11.9 Å². The highest BCUT2D eigenvalue weighted by molar-refractivity contribution is 9.09. The van der Waals surface area contributed by atoms with Gasteiger partial charge in [-0.3, -0.25) is 0 Å². The summed E-state index contributed by atoms with van der Waals surface area (Å²) in [5, 5.41) is 0. The van der Waals surface area contributed by atoms with E-state index >= 15 is 0 Å². The van der Waals surface area contributed by atoms with Gasteiger partial charge < -0.3 is 4.74 Å². The molecule has 18 heavy (non-hydrogen) atoms. The van der Waals surface area contributed by atoms with Crippen LogP contribution in [-0.4, -0.2) is 7.11 Å². The molecular weight excluding hydrogens is 295 g/mol. The van der Waals surface area contributed by atoms with E-state index in [0.717, 1.165) is 22.4 Å². The van der Waals surface area contributed by atoms with E-state index in [2.05, 4.69) is 15.9 Å². The van der Waals surface area contributed by atoms with E-state index in [1.807, 2.05) is 25.1 Å². The molecule has 0 fully saturated rings. The average Bonchev–Trinajstić information content (AvgIpc) is 2.38. The van der Waals surface area contributed by atoms with Gasteiger partial charge in [-0.1, -0.05) is 34.1 Å². The zero-order valence-corrected chi connectivity index (χ0v) is 11.9. The molecule has 0 saturated carbocycles. The molecule has 0 amide bonds. The van der Waals surface area contributed by atoms with Crippen LogP contribution in [0.3, 0.4) is 0 Å². The molecule has 0 heterocycles. The predicted molar refractivity (Wildman–Crippen MR) is 74.9 cm³/mol. The summed E-state index contributed by atoms with van der Waals surface area (Å²) in [5.74, 6) is 0.625. The summed E-state index contributed by atoms with van der Waals surface area (Å²) in [5.41, 5.74) is 3.33. The van der Waals surface area contributed by atoms with Crippen molar-refractivity contribution in [1.29, 1.82) is 0 Å². The lowest BCUT2D eigenvalue weighted by atomic mass is 10.0. The molecule has 2 aromatic carbocycles. The smallest absolute Gasteiger partial charge is 0.123 e. The fourth-order valence-corrected chi connectivity index (χ4v) is 2.69. The summed E-state index contributed by atoms with van der Waals surface area (Å²) in [6.45, 7) is 2.04. The standard InChI is InChI=1S/C15H14BrFO/c1-10-9-13(18-2)7-8-14(10)15(16)11-3-5-12(17)6-4-11/h3-9,15H,1-2H3. The SMILES string of the molecule is COc1ccc(C(Br)c2ccc(F)cc2)c(C)c1. The zero-order chi connectivity index (χ0) is 13.1. The Morgan fingerprint density at radius 3 is 2.33 bits per heavy atom. The predicted octanol–water partition coefficient (Wildman–Crippen LogP) is 4.63. The van der Waals surface area contributed by atoms with Gasteiger partial charge >= 0.3 is 0 Å². The molecule has 94 valence electrons. The molecule has 0 aliphatic heterocycles. The minimum atomic E-state index is -0.218. The first-order valence-electron chi connectivity index (χ1n) is 5.66. The van der Waals surface area contributed by atoms with Gasteiger partial charge in [0.2, 0.25) is 0 Å². The second-order valence-corrected chi connectivity index (χ2v) is 5.05. The summed E-state index contributed by atoms with van der Waals surface area (Å²) >= 11 is 3.65. The molecule has 2 rings (SSSR count). The quantitative estimate of drug-likeness (QED) is 0.751. The second kappa shape index (κ2) is 5.53. The Balaban J connectivity index is 2.33. The van der Waals surface area contributed by atoms with Crippen LogP contribution in [0.2, 0.25) is 0 Å². The molecule has 0 aromatic heterocycles. The number of hydrogen-bond donors (Lipinski definition) is 0. The second-order valence-electron chi connectivity index (χ2n) is 4.14. The fraction of sp³-hybridized carbons (Fsp3) is 0.200. The Labute approximate surface area is 115 Å². The highest BCUT2D eigenvalue weighted by atomic mass is 79.9. The highest BCUT2D eigenvalue weighted by Gasteiger charge is 2.13. The molecule has 1 unspecified atom stereocenters. The number of aryl methyl sites for hydroxylation is 1. The van der Waals surface area contributed by atoms with Crippen molar-refractivity contribution in [2.24, 2.45) is 0 Å². The summed E-state index contributed by atoms with van der Waals surface area (Å²) in [4.78, 5) is 0.0593. The molecule has 0 N–H and O–H groups in total. The van der Waals surface area contributed by atoms with Crippen LogP contribution in [-0.2, 0) is 0 Å². The number of rotatable bonds is 3. The van der Waals surface area contributed by atoms with Gasteiger partial charge in [-0.15, -0.1) is 0 Å². The van der Waals surface area contributed by atoms with Gasteiger partial charge in [-0.2, -0.15) is 0 Å². The molecule has 0 spiro atoms. The lowest BCUT2D eigenvalue weighted by molar-refractivity contribution is 0.414. The van der Waals surface area contributed by atoms with Crippen LogP contribution < -0.4 is 4.74 Å². The van der Waals surface area contributed by atoms with E-state index in [0.29, 0.717) is 0 Å². The number of halogens is 2. The highest BCUT2D eigenvalue weighted by Crippen LogP contribution is 2.34. The number of benzene rings is 2. The van der Waals surface area contributed by atoms with E-state index in [1.54, 1.807) is 19.2 Å². The molecule has 0 saturated heterocycles. The largest absolute Gasteiger partial charge is 0.497 e. The molecule has 0 aliphatic rings. The van der Waals surface area contributed by atoms with Gasteiger partial charge in [-0.05, 0) is 47.9 Å². The maximum absolute atomic E-state index is 12.9. The lowest BCUT2D eigenvalue weighted by Gasteiger charge is -2.14. The van der Waals surface area contributed by atoms with Crippen molar-refractivity contribution >= 4 is 15.9 Å². The van der Waals surface area contributed by atoms with E-state index in [1.165, 1.54) is 12.1 Å². The zero-order valence-electron chi connectivity index (χ0n) is 10.3. The molecular formula is C15H14BrFO. The van der Waals surface area contributed by atoms with Crippen molar-refractivity contribution < 1.29 is 9.13 Å². The normalized spacial score (nSPS) is 12.2. The molecule has 0 aliphatic carbocycles. The molecule has 1 nitrogen and oxygen atoms in total. The Hall–Kier alpha value is -1.35. The van der Waals surface area contributed by atoms with E-state index < -0.39 is 0 Å². The van der Waals surface area contributed by atoms with Crippen molar-refractivity contribution in [2.45, 2.75) is 11.8 Å². The maximum Gasteiger partial charge on any atom is 0.123 e. The van der Waals surface area contributed by atoms with E-state index in [4.69, 9.17) is 4.74 Å². The van der Waals surface area contributed by atoms with Crippen molar-refractivity contribution in [3.05, 3.63) is 65.0 Å². The Morgan fingerprint density at radius 2 is 1.78 bits per heavy atom. The number of methoxy groups -OCH3 is 1. The average molecular weight is 309 g/mol. The molecule has 0 radical (unpaired) electrons. The van der Waals surface area contributed by atoms with E-state index in [-0.39, 0.29) is 10.6 Å². The van der Waals surface area contributed by atoms with Crippen LogP contribution in [0.4, 0.5) is 4.39 Å². The van der Waals surface area contributed by atoms with Crippen LogP contribution >= 0.6 is 15.9 Å². The van der Waals surface area contributed by atoms with Gasteiger partial charge in [0.1, 0.15) is 11.6 Å². The summed E-state index contributed by atoms with van der Waals surface area (Å²) in [6.07, 6.45) is 0. The Bertz CT molecular complexity index is 537. The number of hydrogen-bond acceptors (Lipinski definition) is 1. The van der Waals surface area contributed by atoms with Crippen molar-refractivity contribution in [2.75, 3.05) is 7.11 Å². The maximum atomic E-state index is 12.9. The Morgan fingerprint density at radius 1 is 1.11 bits per heavy atom. The summed E-state index contributed by atoms with van der Waals surface area (Å²) in [6, 6.07) is 12.5. The van der Waals surface area contributed by atoms with Gasteiger partial charge in [0.25, 0.3) is 0 Å². The summed E-state index contributed by atoms with van der Waals surface area (Å²) < 4.78 is 18.1. The van der Waals surface area contributed by atoms with Crippen LogP contribution in [0.15, 0.2) is 42.5 Å². The molecule has 1 atom stereocenters. The topological polar surface area (TPSA) is 9.23 Å². The van der Waals surface area contributed by atoms with Crippen LogP contribution in [0.5, 0.6) is 5.75 Å². The minimum Gasteiger partial charge on any atom is -0.497 e. The van der Waals surface area contributed by atoms with Crippen LogP contribution in [0.1, 0.15) is 21.5 Å². The van der Waals surface area contributed by atoms with Crippen LogP contribution in [0.25, 0.3) is 0 Å². The first-order valence-corrected chi connectivity index (χ1v) is 6.57. The number of ether oxygens (including phenoxy) is 1. The van der Waals surface area contributed by atoms with E-state index in [9.17, 15) is 4.39 Å². The van der Waals surface area contributed by atoms with Crippen molar-refractivity contribution in [3.8, 4) is 5.75 Å². The van der Waals surface area contributed by atoms with Crippen molar-refractivity contribution in [3.63, 3.8) is 0 Å². The van der Waals surface area contributed by atoms with Gasteiger partial charge in [0.15, 0.2) is 0 Å². The summed E-state index contributed by atoms with van der Waals surface area (Å²) in [7, 11) is 1.65. The minimum absolute atomic E-state index is 0.0593. The molecule has 3 heteroatoms. The fourth-order valence-electron chi connectivity index (χ4n) is 1.87. The van der Waals surface area contributed by atoms with Gasteiger partial charge in [-0.25, -0.2) is 4.39 Å². The van der Waals surface area contributed by atoms with Crippen molar-refractivity contribution in [1.82, 2.24) is 0 Å². The third-order valence-corrected chi connectivity index (χ3v) is 3.93. The third-order valence-electron chi connectivity index (χ3n) is 2.91. The van der Waals surface area contributed by atoms with Crippen LogP contribution in [0, 0.1) is 12.7 Å². The van der Waals surface area contributed by atoms with Gasteiger partial charge in [0, 0.05) is 0 Å². The molecule has 0 bridgehead atoms. The Kier molecular flexibility index (Phi) is 4.02. The lowest BCUT2D eigenvalue weighted by Crippen LogP contribution is -1.96. The third kappa shape index (κ3) is 2.72.